The Balaban J connectivity index is 1.80. The lowest BCUT2D eigenvalue weighted by Gasteiger charge is -2.31. The van der Waals surface area contributed by atoms with E-state index in [0.29, 0.717) is 12.0 Å². The smallest absolute Gasteiger partial charge is 0.145 e. The summed E-state index contributed by atoms with van der Waals surface area (Å²) in [4.78, 5) is 0. The Hall–Kier alpha value is -0.600. The van der Waals surface area contributed by atoms with Crippen molar-refractivity contribution in [2.24, 2.45) is 5.92 Å². The first-order valence-corrected chi connectivity index (χ1v) is 8.31. The van der Waals surface area contributed by atoms with Crippen molar-refractivity contribution in [3.8, 4) is 0 Å². The number of halogens is 2. The molecule has 1 atom stereocenters. The molecule has 1 N–H and O–H groups in total. The van der Waals surface area contributed by atoms with Gasteiger partial charge in [-0.15, -0.1) is 0 Å². The Kier molecular flexibility index (Phi) is 4.62. The maximum atomic E-state index is 14.4. The summed E-state index contributed by atoms with van der Waals surface area (Å²) in [6.45, 7) is 0.895. The number of hydrogen-bond acceptors (Lipinski definition) is 1. The zero-order valence-electron chi connectivity index (χ0n) is 11.9. The van der Waals surface area contributed by atoms with Gasteiger partial charge >= 0.3 is 0 Å². The molecule has 0 aliphatic heterocycles. The third-order valence-corrected chi connectivity index (χ3v) is 5.10. The zero-order valence-corrected chi connectivity index (χ0v) is 12.6. The summed E-state index contributed by atoms with van der Waals surface area (Å²) >= 11 is 5.98. The predicted octanol–water partition coefficient (Wildman–Crippen LogP) is 4.90. The van der Waals surface area contributed by atoms with Gasteiger partial charge in [0.15, 0.2) is 0 Å². The van der Waals surface area contributed by atoms with Crippen LogP contribution in [0.15, 0.2) is 18.2 Å². The van der Waals surface area contributed by atoms with Crippen molar-refractivity contribution in [2.75, 3.05) is 6.54 Å². The SMILES string of the molecule is Fc1c(Cl)cccc1C(CNC1CC1)C1CCCCC1. The van der Waals surface area contributed by atoms with E-state index in [1.165, 1.54) is 44.9 Å². The van der Waals surface area contributed by atoms with Gasteiger partial charge in [0, 0.05) is 18.5 Å². The maximum absolute atomic E-state index is 14.4. The topological polar surface area (TPSA) is 12.0 Å². The van der Waals surface area contributed by atoms with E-state index < -0.39 is 0 Å². The third-order valence-electron chi connectivity index (χ3n) is 4.80. The van der Waals surface area contributed by atoms with Crippen LogP contribution in [0, 0.1) is 11.7 Å². The second-order valence-electron chi connectivity index (χ2n) is 6.33. The minimum absolute atomic E-state index is 0.206. The molecule has 1 aromatic rings. The van der Waals surface area contributed by atoms with Crippen LogP contribution < -0.4 is 5.32 Å². The minimum Gasteiger partial charge on any atom is -0.313 e. The lowest BCUT2D eigenvalue weighted by atomic mass is 9.76. The first-order chi connectivity index (χ1) is 9.75. The first-order valence-electron chi connectivity index (χ1n) is 7.93. The highest BCUT2D eigenvalue weighted by molar-refractivity contribution is 6.30. The van der Waals surface area contributed by atoms with Crippen molar-refractivity contribution in [3.05, 3.63) is 34.6 Å². The Morgan fingerprint density at radius 2 is 1.90 bits per heavy atom. The van der Waals surface area contributed by atoms with Crippen LogP contribution >= 0.6 is 11.6 Å². The van der Waals surface area contributed by atoms with Crippen LogP contribution in [-0.2, 0) is 0 Å². The van der Waals surface area contributed by atoms with E-state index in [1.807, 2.05) is 12.1 Å². The number of hydrogen-bond donors (Lipinski definition) is 1. The van der Waals surface area contributed by atoms with Gasteiger partial charge in [-0.1, -0.05) is 43.0 Å². The molecule has 0 heterocycles. The number of benzene rings is 1. The molecule has 1 unspecified atom stereocenters. The molecule has 110 valence electrons. The second kappa shape index (κ2) is 6.44. The fraction of sp³-hybridized carbons (Fsp3) is 0.647. The van der Waals surface area contributed by atoms with E-state index in [4.69, 9.17) is 11.6 Å². The Labute approximate surface area is 125 Å². The van der Waals surface area contributed by atoms with Crippen LogP contribution in [-0.4, -0.2) is 12.6 Å². The molecule has 2 aliphatic carbocycles. The van der Waals surface area contributed by atoms with Crippen molar-refractivity contribution in [2.45, 2.75) is 56.9 Å². The van der Waals surface area contributed by atoms with Gasteiger partial charge in [0.25, 0.3) is 0 Å². The molecule has 20 heavy (non-hydrogen) atoms. The Morgan fingerprint density at radius 3 is 2.60 bits per heavy atom. The molecule has 1 nitrogen and oxygen atoms in total. The molecular weight excluding hydrogens is 273 g/mol. The monoisotopic (exact) mass is 295 g/mol. The summed E-state index contributed by atoms with van der Waals surface area (Å²) in [5, 5.41) is 3.85. The highest BCUT2D eigenvalue weighted by Crippen LogP contribution is 2.38. The molecule has 2 aliphatic rings. The van der Waals surface area contributed by atoms with E-state index in [0.717, 1.165) is 12.1 Å². The molecule has 3 heteroatoms. The normalized spacial score (nSPS) is 21.9. The van der Waals surface area contributed by atoms with Crippen LogP contribution in [0.25, 0.3) is 0 Å². The molecule has 0 saturated heterocycles. The van der Waals surface area contributed by atoms with Gasteiger partial charge in [-0.05, 0) is 43.2 Å². The van der Waals surface area contributed by atoms with Gasteiger partial charge in [0.2, 0.25) is 0 Å². The lowest BCUT2D eigenvalue weighted by Crippen LogP contribution is -2.30. The molecular formula is C17H23ClFN. The highest BCUT2D eigenvalue weighted by Gasteiger charge is 2.30. The van der Waals surface area contributed by atoms with Gasteiger partial charge in [-0.2, -0.15) is 0 Å². The average Bonchev–Trinajstić information content (AvgIpc) is 3.29. The van der Waals surface area contributed by atoms with E-state index in [1.54, 1.807) is 6.07 Å². The molecule has 3 rings (SSSR count). The standard InChI is InChI=1S/C17H23ClFN/c18-16-8-4-7-14(17(16)19)15(11-20-13-9-10-13)12-5-2-1-3-6-12/h4,7-8,12-13,15,20H,1-3,5-6,9-11H2. The highest BCUT2D eigenvalue weighted by atomic mass is 35.5. The van der Waals surface area contributed by atoms with Crippen molar-refractivity contribution in [3.63, 3.8) is 0 Å². The summed E-state index contributed by atoms with van der Waals surface area (Å²) in [5.41, 5.74) is 0.817. The van der Waals surface area contributed by atoms with Crippen molar-refractivity contribution in [1.29, 1.82) is 0 Å². The predicted molar refractivity (Wildman–Crippen MR) is 81.8 cm³/mol. The molecule has 0 amide bonds. The molecule has 0 radical (unpaired) electrons. The fourth-order valence-corrected chi connectivity index (χ4v) is 3.64. The van der Waals surface area contributed by atoms with E-state index in [2.05, 4.69) is 5.32 Å². The van der Waals surface area contributed by atoms with Gasteiger partial charge in [-0.25, -0.2) is 4.39 Å². The quantitative estimate of drug-likeness (QED) is 0.815. The third kappa shape index (κ3) is 3.35. The summed E-state index contributed by atoms with van der Waals surface area (Å²) in [6, 6.07) is 6.12. The molecule has 0 bridgehead atoms. The van der Waals surface area contributed by atoms with E-state index in [-0.39, 0.29) is 16.8 Å². The van der Waals surface area contributed by atoms with Gasteiger partial charge in [-0.3, -0.25) is 0 Å². The van der Waals surface area contributed by atoms with Gasteiger partial charge in [0.1, 0.15) is 5.82 Å². The molecule has 2 fully saturated rings. The summed E-state index contributed by atoms with van der Waals surface area (Å²) < 4.78 is 14.4. The second-order valence-corrected chi connectivity index (χ2v) is 6.74. The number of nitrogens with one attached hydrogen (secondary N) is 1. The van der Waals surface area contributed by atoms with Crippen LogP contribution in [0.2, 0.25) is 5.02 Å². The van der Waals surface area contributed by atoms with Gasteiger partial charge in [0.05, 0.1) is 5.02 Å². The fourth-order valence-electron chi connectivity index (χ4n) is 3.46. The van der Waals surface area contributed by atoms with E-state index >= 15 is 0 Å². The lowest BCUT2D eigenvalue weighted by molar-refractivity contribution is 0.292. The summed E-state index contributed by atoms with van der Waals surface area (Å²) in [7, 11) is 0. The first kappa shape index (κ1) is 14.3. The summed E-state index contributed by atoms with van der Waals surface area (Å²) in [6.07, 6.45) is 8.90. The van der Waals surface area contributed by atoms with E-state index in [9.17, 15) is 4.39 Å². The molecule has 2 saturated carbocycles. The zero-order chi connectivity index (χ0) is 13.9. The van der Waals surface area contributed by atoms with Crippen molar-refractivity contribution >= 4 is 11.6 Å². The molecule has 0 aromatic heterocycles. The molecule has 1 aromatic carbocycles. The maximum Gasteiger partial charge on any atom is 0.145 e. The van der Waals surface area contributed by atoms with Crippen LogP contribution in [0.3, 0.4) is 0 Å². The average molecular weight is 296 g/mol. The van der Waals surface area contributed by atoms with Crippen LogP contribution in [0.1, 0.15) is 56.4 Å². The Morgan fingerprint density at radius 1 is 1.15 bits per heavy atom. The number of rotatable bonds is 5. The minimum atomic E-state index is -0.206. The van der Waals surface area contributed by atoms with Gasteiger partial charge < -0.3 is 5.32 Å². The van der Waals surface area contributed by atoms with Crippen LogP contribution in [0.4, 0.5) is 4.39 Å². The molecule has 0 spiro atoms. The Bertz CT molecular complexity index is 452. The van der Waals surface area contributed by atoms with Crippen molar-refractivity contribution in [1.82, 2.24) is 5.32 Å². The van der Waals surface area contributed by atoms with Crippen LogP contribution in [0.5, 0.6) is 0 Å². The summed E-state index contributed by atoms with van der Waals surface area (Å²) in [5.74, 6) is 0.667. The largest absolute Gasteiger partial charge is 0.313 e. The van der Waals surface area contributed by atoms with Crippen molar-refractivity contribution < 1.29 is 4.39 Å².